The molecule has 0 radical (unpaired) electrons. The maximum absolute atomic E-state index is 12.7. The van der Waals surface area contributed by atoms with E-state index in [-0.39, 0.29) is 11.8 Å². The van der Waals surface area contributed by atoms with Crippen molar-refractivity contribution in [2.24, 2.45) is 0 Å². The molecule has 5 nitrogen and oxygen atoms in total. The van der Waals surface area contributed by atoms with Gasteiger partial charge in [0.15, 0.2) is 0 Å². The molecule has 26 heavy (non-hydrogen) atoms. The number of carbonyl (C=O) groups excluding carboxylic acids is 2. The fourth-order valence-corrected chi connectivity index (χ4v) is 3.16. The molecule has 1 N–H and O–H groups in total. The second-order valence-corrected chi connectivity index (χ2v) is 6.46. The molecule has 0 aromatic heterocycles. The lowest BCUT2D eigenvalue weighted by atomic mass is 10.0. The molecule has 1 atom stereocenters. The summed E-state index contributed by atoms with van der Waals surface area (Å²) < 4.78 is 5.71. The number of aryl methyl sites for hydroxylation is 1. The van der Waals surface area contributed by atoms with Gasteiger partial charge in [0.1, 0.15) is 11.8 Å². The van der Waals surface area contributed by atoms with Gasteiger partial charge in [0, 0.05) is 19.5 Å². The Morgan fingerprint density at radius 3 is 2.77 bits per heavy atom. The van der Waals surface area contributed by atoms with E-state index in [9.17, 15) is 9.59 Å². The Morgan fingerprint density at radius 1 is 1.19 bits per heavy atom. The van der Waals surface area contributed by atoms with Gasteiger partial charge in [-0.3, -0.25) is 9.59 Å². The number of nitrogens with zero attached hydrogens (tertiary/aromatic N) is 1. The van der Waals surface area contributed by atoms with Crippen LogP contribution in [0.3, 0.4) is 0 Å². The molecule has 136 valence electrons. The molecule has 0 bridgehead atoms. The molecular formula is C21H24N2O3. The number of ether oxygens (including phenoxy) is 1. The summed E-state index contributed by atoms with van der Waals surface area (Å²) in [5.41, 5.74) is 1.98. The first-order chi connectivity index (χ1) is 12.6. The van der Waals surface area contributed by atoms with Crippen LogP contribution in [0.4, 0.5) is 0 Å². The number of carbonyl (C=O) groups is 2. The van der Waals surface area contributed by atoms with Crippen LogP contribution >= 0.6 is 0 Å². The highest BCUT2D eigenvalue weighted by Gasteiger charge is 2.33. The van der Waals surface area contributed by atoms with Gasteiger partial charge in [0.2, 0.25) is 11.8 Å². The first-order valence-corrected chi connectivity index (χ1v) is 8.97. The van der Waals surface area contributed by atoms with Crippen LogP contribution < -0.4 is 10.1 Å². The Hall–Kier alpha value is -2.82. The Bertz CT molecular complexity index is 761. The van der Waals surface area contributed by atoms with Crippen molar-refractivity contribution in [3.63, 3.8) is 0 Å². The van der Waals surface area contributed by atoms with Gasteiger partial charge in [-0.25, -0.2) is 0 Å². The lowest BCUT2D eigenvalue weighted by Gasteiger charge is -2.35. The van der Waals surface area contributed by atoms with E-state index in [0.717, 1.165) is 16.9 Å². The van der Waals surface area contributed by atoms with E-state index >= 15 is 0 Å². The zero-order valence-electron chi connectivity index (χ0n) is 15.0. The van der Waals surface area contributed by atoms with Crippen LogP contribution in [0.1, 0.15) is 30.0 Å². The van der Waals surface area contributed by atoms with Crippen LogP contribution in [0.5, 0.6) is 5.75 Å². The van der Waals surface area contributed by atoms with Gasteiger partial charge in [0.05, 0.1) is 6.61 Å². The molecule has 0 unspecified atom stereocenters. The van der Waals surface area contributed by atoms with E-state index in [1.807, 2.05) is 61.5 Å². The summed E-state index contributed by atoms with van der Waals surface area (Å²) in [6.45, 7) is 3.52. The second kappa shape index (κ2) is 8.52. The highest BCUT2D eigenvalue weighted by Crippen LogP contribution is 2.24. The summed E-state index contributed by atoms with van der Waals surface area (Å²) in [5, 5.41) is 2.85. The van der Waals surface area contributed by atoms with Crippen molar-refractivity contribution in [3.05, 3.63) is 65.7 Å². The summed E-state index contributed by atoms with van der Waals surface area (Å²) in [5.74, 6) is 0.685. The molecule has 1 heterocycles. The predicted molar refractivity (Wildman–Crippen MR) is 99.8 cm³/mol. The van der Waals surface area contributed by atoms with Gasteiger partial charge in [0.25, 0.3) is 0 Å². The van der Waals surface area contributed by atoms with Gasteiger partial charge in [-0.1, -0.05) is 42.5 Å². The molecule has 1 aliphatic heterocycles. The van der Waals surface area contributed by atoms with Gasteiger partial charge < -0.3 is 15.0 Å². The molecule has 0 saturated carbocycles. The number of hydrogen-bond donors (Lipinski definition) is 1. The van der Waals surface area contributed by atoms with E-state index in [1.54, 1.807) is 4.90 Å². The molecule has 0 spiro atoms. The lowest BCUT2D eigenvalue weighted by Crippen LogP contribution is -2.52. The fourth-order valence-electron chi connectivity index (χ4n) is 3.16. The van der Waals surface area contributed by atoms with Crippen molar-refractivity contribution in [3.8, 4) is 5.75 Å². The Morgan fingerprint density at radius 2 is 2.00 bits per heavy atom. The van der Waals surface area contributed by atoms with Crippen LogP contribution in [-0.4, -0.2) is 36.4 Å². The van der Waals surface area contributed by atoms with Crippen LogP contribution in [0.25, 0.3) is 0 Å². The van der Waals surface area contributed by atoms with E-state index in [0.29, 0.717) is 32.5 Å². The summed E-state index contributed by atoms with van der Waals surface area (Å²) in [7, 11) is 0. The van der Waals surface area contributed by atoms with Gasteiger partial charge >= 0.3 is 0 Å². The molecule has 0 aliphatic carbocycles. The van der Waals surface area contributed by atoms with Crippen molar-refractivity contribution in [1.29, 1.82) is 0 Å². The topological polar surface area (TPSA) is 58.6 Å². The summed E-state index contributed by atoms with van der Waals surface area (Å²) in [4.78, 5) is 26.7. The number of rotatable bonds is 6. The summed E-state index contributed by atoms with van der Waals surface area (Å²) in [6.07, 6.45) is 0.981. The van der Waals surface area contributed by atoms with Gasteiger partial charge in [-0.2, -0.15) is 0 Å². The van der Waals surface area contributed by atoms with Crippen LogP contribution in [0, 0.1) is 6.92 Å². The highest BCUT2D eigenvalue weighted by atomic mass is 16.5. The molecular weight excluding hydrogens is 328 g/mol. The average molecular weight is 352 g/mol. The highest BCUT2D eigenvalue weighted by molar-refractivity contribution is 5.89. The quantitative estimate of drug-likeness (QED) is 0.814. The third-order valence-electron chi connectivity index (χ3n) is 4.44. The molecule has 1 fully saturated rings. The molecule has 3 rings (SSSR count). The molecule has 2 aromatic rings. The minimum Gasteiger partial charge on any atom is -0.494 e. The third kappa shape index (κ3) is 4.42. The van der Waals surface area contributed by atoms with Gasteiger partial charge in [-0.05, 0) is 36.6 Å². The molecule has 1 aliphatic rings. The van der Waals surface area contributed by atoms with E-state index in [2.05, 4.69) is 5.32 Å². The number of hydrogen-bond acceptors (Lipinski definition) is 3. The SMILES string of the molecule is Cc1cccc(OCCCC(=O)N2CCNC(=O)[C@H]2c2ccccc2)c1. The number of piperazine rings is 1. The molecule has 1 saturated heterocycles. The normalized spacial score (nSPS) is 16.9. The Kier molecular flexibility index (Phi) is 5.89. The Labute approximate surface area is 154 Å². The van der Waals surface area contributed by atoms with Crippen LogP contribution in [0.15, 0.2) is 54.6 Å². The standard InChI is InChI=1S/C21H24N2O3/c1-16-7-5-10-18(15-16)26-14-6-11-19(24)23-13-12-22-21(25)20(23)17-8-3-2-4-9-17/h2-5,7-10,15,20H,6,11-14H2,1H3,(H,22,25)/t20-/m1/s1. The Balaban J connectivity index is 1.56. The predicted octanol–water partition coefficient (Wildman–Crippen LogP) is 2.85. The minimum absolute atomic E-state index is 0.0125. The van der Waals surface area contributed by atoms with Crippen molar-refractivity contribution < 1.29 is 14.3 Å². The first-order valence-electron chi connectivity index (χ1n) is 8.97. The van der Waals surface area contributed by atoms with E-state index in [4.69, 9.17) is 4.74 Å². The average Bonchev–Trinajstić information content (AvgIpc) is 2.65. The monoisotopic (exact) mass is 352 g/mol. The molecule has 2 amide bonds. The maximum Gasteiger partial charge on any atom is 0.247 e. The van der Waals surface area contributed by atoms with Crippen molar-refractivity contribution >= 4 is 11.8 Å². The smallest absolute Gasteiger partial charge is 0.247 e. The fraction of sp³-hybridized carbons (Fsp3) is 0.333. The molecule has 5 heteroatoms. The molecule has 2 aromatic carbocycles. The number of benzene rings is 2. The number of amides is 2. The van der Waals surface area contributed by atoms with E-state index < -0.39 is 6.04 Å². The summed E-state index contributed by atoms with van der Waals surface area (Å²) in [6, 6.07) is 16.7. The van der Waals surface area contributed by atoms with Crippen LogP contribution in [-0.2, 0) is 9.59 Å². The van der Waals surface area contributed by atoms with Crippen molar-refractivity contribution in [2.75, 3.05) is 19.7 Å². The largest absolute Gasteiger partial charge is 0.494 e. The third-order valence-corrected chi connectivity index (χ3v) is 4.44. The number of nitrogens with one attached hydrogen (secondary N) is 1. The first kappa shape index (κ1) is 18.0. The zero-order chi connectivity index (χ0) is 18.4. The second-order valence-electron chi connectivity index (χ2n) is 6.46. The minimum atomic E-state index is -0.546. The van der Waals surface area contributed by atoms with Crippen LogP contribution in [0.2, 0.25) is 0 Å². The lowest BCUT2D eigenvalue weighted by molar-refractivity contribution is -0.143. The van der Waals surface area contributed by atoms with Crippen molar-refractivity contribution in [1.82, 2.24) is 10.2 Å². The van der Waals surface area contributed by atoms with Crippen molar-refractivity contribution in [2.45, 2.75) is 25.8 Å². The van der Waals surface area contributed by atoms with Gasteiger partial charge in [-0.15, -0.1) is 0 Å². The zero-order valence-corrected chi connectivity index (χ0v) is 15.0. The maximum atomic E-state index is 12.7. The summed E-state index contributed by atoms with van der Waals surface area (Å²) >= 11 is 0. The van der Waals surface area contributed by atoms with E-state index in [1.165, 1.54) is 0 Å².